The van der Waals surface area contributed by atoms with Crippen LogP contribution >= 0.6 is 23.2 Å². The Morgan fingerprint density at radius 1 is 1.05 bits per heavy atom. The number of halogens is 4. The van der Waals surface area contributed by atoms with Gasteiger partial charge in [-0.05, 0) is 60.2 Å². The van der Waals surface area contributed by atoms with Crippen LogP contribution in [0.3, 0.4) is 0 Å². The third-order valence-electron chi connectivity index (χ3n) is 6.34. The van der Waals surface area contributed by atoms with Crippen molar-refractivity contribution in [2.45, 2.75) is 38.4 Å². The van der Waals surface area contributed by atoms with Crippen molar-refractivity contribution in [1.82, 2.24) is 4.98 Å². The number of benzene rings is 2. The topological polar surface area (TPSA) is 133 Å². The summed E-state index contributed by atoms with van der Waals surface area (Å²) in [5.74, 6) is -2.65. The number of amides is 1. The Balaban J connectivity index is 1.67. The average molecular weight is 639 g/mol. The van der Waals surface area contributed by atoms with Crippen molar-refractivity contribution in [2.24, 2.45) is 5.92 Å². The Hall–Kier alpha value is -4.16. The summed E-state index contributed by atoms with van der Waals surface area (Å²) in [5.41, 5.74) is 0.824. The first-order chi connectivity index (χ1) is 20.5. The first kappa shape index (κ1) is 31.8. The van der Waals surface area contributed by atoms with Gasteiger partial charge in [0.2, 0.25) is 5.91 Å². The number of carbonyl (C=O) groups excluding carboxylic acids is 2. The van der Waals surface area contributed by atoms with E-state index < -0.39 is 37.0 Å². The fourth-order valence-electron chi connectivity index (χ4n) is 4.03. The Bertz CT molecular complexity index is 1480. The second kappa shape index (κ2) is 14.3. The van der Waals surface area contributed by atoms with Gasteiger partial charge >= 0.3 is 18.6 Å². The van der Waals surface area contributed by atoms with Crippen molar-refractivity contribution >= 4 is 46.7 Å². The molecule has 0 radical (unpaired) electrons. The fraction of sp³-hybridized carbons (Fsp3) is 0.310. The number of pyridine rings is 1. The number of rotatable bonds is 14. The zero-order chi connectivity index (χ0) is 31.1. The number of carboxylic acids is 1. The van der Waals surface area contributed by atoms with Gasteiger partial charge in [-0.2, -0.15) is 8.78 Å². The number of alkyl halides is 2. The van der Waals surface area contributed by atoms with Crippen LogP contribution in [0.25, 0.3) is 0 Å². The third kappa shape index (κ3) is 8.91. The number of nitrogens with one attached hydrogen (secondary N) is 1. The minimum absolute atomic E-state index is 0.00814. The van der Waals surface area contributed by atoms with Crippen LogP contribution in [0.1, 0.15) is 46.9 Å². The lowest BCUT2D eigenvalue weighted by atomic mass is 10.0. The largest absolute Gasteiger partial charge is 0.495 e. The number of carbonyl (C=O) groups is 3. The molecule has 4 rings (SSSR count). The first-order valence-electron chi connectivity index (χ1n) is 12.9. The number of carboxylic acid groups (broad SMARTS) is 1. The normalized spacial score (nSPS) is 13.3. The predicted molar refractivity (Wildman–Crippen MR) is 151 cm³/mol. The quantitative estimate of drug-likeness (QED) is 0.153. The van der Waals surface area contributed by atoms with Gasteiger partial charge in [0, 0.05) is 18.8 Å². The minimum atomic E-state index is -3.09. The Labute approximate surface area is 254 Å². The zero-order valence-corrected chi connectivity index (χ0v) is 24.2. The SMILES string of the molecule is COc1ccc(C(=O)OC(Cc2c(Cl)cncc2Cl)c2ccc(OC(F)F)c(OCC3CC3)c2)cc1NC(=O)CC(=O)O. The van der Waals surface area contributed by atoms with E-state index in [2.05, 4.69) is 15.0 Å². The van der Waals surface area contributed by atoms with Crippen LogP contribution in [0, 0.1) is 5.92 Å². The highest BCUT2D eigenvalue weighted by Crippen LogP contribution is 2.38. The number of nitrogens with zero attached hydrogens (tertiary/aromatic N) is 1. The number of hydrogen-bond donors (Lipinski definition) is 2. The molecule has 2 N–H and O–H groups in total. The van der Waals surface area contributed by atoms with Crippen molar-refractivity contribution in [3.8, 4) is 17.2 Å². The van der Waals surface area contributed by atoms with Gasteiger partial charge in [0.25, 0.3) is 0 Å². The van der Waals surface area contributed by atoms with Gasteiger partial charge in [-0.15, -0.1) is 0 Å². The second-order valence-electron chi connectivity index (χ2n) is 9.55. The third-order valence-corrected chi connectivity index (χ3v) is 6.99. The second-order valence-corrected chi connectivity index (χ2v) is 10.4. The van der Waals surface area contributed by atoms with Crippen molar-refractivity contribution in [1.29, 1.82) is 0 Å². The molecular weight excluding hydrogens is 613 g/mol. The van der Waals surface area contributed by atoms with Crippen LogP contribution in [0.2, 0.25) is 10.0 Å². The number of methoxy groups -OCH3 is 1. The molecule has 3 aromatic rings. The Morgan fingerprint density at radius 3 is 2.37 bits per heavy atom. The molecule has 1 atom stereocenters. The molecule has 43 heavy (non-hydrogen) atoms. The first-order valence-corrected chi connectivity index (χ1v) is 13.7. The zero-order valence-electron chi connectivity index (χ0n) is 22.7. The molecule has 0 aliphatic heterocycles. The van der Waals surface area contributed by atoms with E-state index in [9.17, 15) is 23.2 Å². The van der Waals surface area contributed by atoms with E-state index >= 15 is 0 Å². The van der Waals surface area contributed by atoms with Crippen molar-refractivity contribution in [3.05, 3.63) is 75.5 Å². The molecule has 1 unspecified atom stereocenters. The van der Waals surface area contributed by atoms with E-state index in [1.807, 2.05) is 0 Å². The van der Waals surface area contributed by atoms with Crippen LogP contribution in [-0.2, 0) is 20.7 Å². The van der Waals surface area contributed by atoms with Gasteiger partial charge in [0.1, 0.15) is 18.3 Å². The predicted octanol–water partition coefficient (Wildman–Crippen LogP) is 6.34. The van der Waals surface area contributed by atoms with Gasteiger partial charge < -0.3 is 29.4 Å². The standard InChI is InChI=1S/C29H26Cl2F2N2O8/c1-40-22-6-5-17(8-21(22)35-26(36)11-27(37)38)28(39)42-24(10-18-19(30)12-34-13-20(18)31)16-4-7-23(43-29(32)33)25(9-16)41-14-15-2-3-15/h4-9,12-13,15,24,29H,2-3,10-11,14H2,1H3,(H,35,36)(H,37,38). The van der Waals surface area contributed by atoms with E-state index in [1.54, 1.807) is 0 Å². The van der Waals surface area contributed by atoms with E-state index in [0.29, 0.717) is 23.7 Å². The molecule has 0 bridgehead atoms. The number of hydrogen-bond acceptors (Lipinski definition) is 8. The summed E-state index contributed by atoms with van der Waals surface area (Å²) in [6.07, 6.45) is 2.79. The molecule has 10 nitrogen and oxygen atoms in total. The molecule has 228 valence electrons. The van der Waals surface area contributed by atoms with Crippen molar-refractivity contribution in [2.75, 3.05) is 19.0 Å². The van der Waals surface area contributed by atoms with Crippen molar-refractivity contribution in [3.63, 3.8) is 0 Å². The average Bonchev–Trinajstić information content (AvgIpc) is 3.78. The molecule has 0 saturated heterocycles. The van der Waals surface area contributed by atoms with E-state index in [-0.39, 0.29) is 45.0 Å². The van der Waals surface area contributed by atoms with Crippen LogP contribution in [-0.4, -0.2) is 48.3 Å². The lowest BCUT2D eigenvalue weighted by molar-refractivity contribution is -0.139. The Kier molecular flexibility index (Phi) is 10.6. The summed E-state index contributed by atoms with van der Waals surface area (Å²) >= 11 is 12.7. The van der Waals surface area contributed by atoms with E-state index in [1.165, 1.54) is 55.9 Å². The highest BCUT2D eigenvalue weighted by atomic mass is 35.5. The van der Waals surface area contributed by atoms with Crippen LogP contribution in [0.4, 0.5) is 14.5 Å². The molecule has 1 aliphatic rings. The lowest BCUT2D eigenvalue weighted by Gasteiger charge is -2.22. The molecule has 1 aromatic heterocycles. The smallest absolute Gasteiger partial charge is 0.387 e. The highest BCUT2D eigenvalue weighted by Gasteiger charge is 2.26. The van der Waals surface area contributed by atoms with Gasteiger partial charge in [-0.1, -0.05) is 29.3 Å². The van der Waals surface area contributed by atoms with Gasteiger partial charge in [-0.25, -0.2) is 4.79 Å². The molecule has 14 heteroatoms. The number of anilines is 1. The summed E-state index contributed by atoms with van der Waals surface area (Å²) < 4.78 is 47.7. The van der Waals surface area contributed by atoms with E-state index in [4.69, 9.17) is 42.5 Å². The Morgan fingerprint density at radius 2 is 1.74 bits per heavy atom. The number of ether oxygens (including phenoxy) is 4. The molecule has 0 spiro atoms. The molecule has 1 saturated carbocycles. The lowest BCUT2D eigenvalue weighted by Crippen LogP contribution is -2.18. The van der Waals surface area contributed by atoms with Crippen LogP contribution in [0.15, 0.2) is 48.8 Å². The maximum absolute atomic E-state index is 13.4. The highest BCUT2D eigenvalue weighted by molar-refractivity contribution is 6.35. The number of aromatic nitrogens is 1. The monoisotopic (exact) mass is 638 g/mol. The van der Waals surface area contributed by atoms with Crippen LogP contribution < -0.4 is 19.5 Å². The molecule has 1 amide bonds. The maximum atomic E-state index is 13.4. The summed E-state index contributed by atoms with van der Waals surface area (Å²) in [4.78, 5) is 40.3. The van der Waals surface area contributed by atoms with Crippen LogP contribution in [0.5, 0.6) is 17.2 Å². The van der Waals surface area contributed by atoms with Gasteiger partial charge in [0.05, 0.1) is 35.0 Å². The molecule has 2 aromatic carbocycles. The fourth-order valence-corrected chi connectivity index (χ4v) is 4.55. The number of esters is 1. The van der Waals surface area contributed by atoms with Gasteiger partial charge in [0.15, 0.2) is 11.5 Å². The number of aliphatic carboxylic acids is 1. The summed E-state index contributed by atoms with van der Waals surface area (Å²) in [7, 11) is 1.34. The van der Waals surface area contributed by atoms with E-state index in [0.717, 1.165) is 12.8 Å². The van der Waals surface area contributed by atoms with Gasteiger partial charge in [-0.3, -0.25) is 14.6 Å². The minimum Gasteiger partial charge on any atom is -0.495 e. The summed E-state index contributed by atoms with van der Waals surface area (Å²) in [5, 5.41) is 11.7. The summed E-state index contributed by atoms with van der Waals surface area (Å²) in [6.45, 7) is -2.78. The van der Waals surface area contributed by atoms with Crippen molar-refractivity contribution < 1.29 is 47.2 Å². The summed E-state index contributed by atoms with van der Waals surface area (Å²) in [6, 6.07) is 8.26. The molecule has 1 aliphatic carbocycles. The molecular formula is C29H26Cl2F2N2O8. The molecule has 1 fully saturated rings. The molecule has 1 heterocycles. The maximum Gasteiger partial charge on any atom is 0.387 e.